The van der Waals surface area contributed by atoms with Gasteiger partial charge in [0.05, 0.1) is 5.75 Å². The van der Waals surface area contributed by atoms with Crippen LogP contribution in [0.3, 0.4) is 0 Å². The molecular weight excluding hydrogens is 466 g/mol. The number of carbonyl (C=O) groups excluding carboxylic acids is 1. The number of amides is 1. The van der Waals surface area contributed by atoms with Gasteiger partial charge in [0.1, 0.15) is 5.01 Å². The molecule has 0 saturated heterocycles. The molecule has 166 valence electrons. The quantitative estimate of drug-likeness (QED) is 0.462. The van der Waals surface area contributed by atoms with E-state index in [0.29, 0.717) is 21.3 Å². The fraction of sp³-hybridized carbons (Fsp3) is 0.500. The van der Waals surface area contributed by atoms with Crippen molar-refractivity contribution >= 4 is 45.7 Å². The summed E-state index contributed by atoms with van der Waals surface area (Å²) in [6.07, 6.45) is 7.91. The summed E-state index contributed by atoms with van der Waals surface area (Å²) in [5, 5.41) is 22.4. The maximum Gasteiger partial charge on any atom is 0.277 e. The molecule has 4 saturated carbocycles. The number of rotatable bonds is 6. The lowest BCUT2D eigenvalue weighted by Gasteiger charge is -2.55. The zero-order chi connectivity index (χ0) is 21.7. The summed E-state index contributed by atoms with van der Waals surface area (Å²) in [5.41, 5.74) is 0.982. The van der Waals surface area contributed by atoms with E-state index >= 15 is 0 Å². The van der Waals surface area contributed by atoms with Gasteiger partial charge in [-0.1, -0.05) is 34.7 Å². The molecule has 1 aromatic carbocycles. The monoisotopic (exact) mass is 487 g/mol. The molecule has 0 atom stereocenters. The first-order valence-corrected chi connectivity index (χ1v) is 13.1. The van der Waals surface area contributed by atoms with Gasteiger partial charge in [-0.25, -0.2) is 0 Å². The largest absolute Gasteiger partial charge is 0.411 e. The van der Waals surface area contributed by atoms with E-state index in [1.54, 1.807) is 23.5 Å². The van der Waals surface area contributed by atoms with Crippen LogP contribution in [-0.4, -0.2) is 32.1 Å². The zero-order valence-corrected chi connectivity index (χ0v) is 19.7. The van der Waals surface area contributed by atoms with E-state index in [1.165, 1.54) is 50.3 Å². The number of benzene rings is 1. The zero-order valence-electron chi connectivity index (χ0n) is 17.3. The van der Waals surface area contributed by atoms with E-state index in [9.17, 15) is 4.79 Å². The first-order chi connectivity index (χ1) is 15.5. The Morgan fingerprint density at radius 2 is 1.75 bits per heavy atom. The predicted octanol–water partition coefficient (Wildman–Crippen LogP) is 5.44. The Hall–Kier alpha value is -1.97. The van der Waals surface area contributed by atoms with Gasteiger partial charge >= 0.3 is 0 Å². The lowest BCUT2D eigenvalue weighted by molar-refractivity contribution is -0.113. The smallest absolute Gasteiger partial charge is 0.277 e. The van der Waals surface area contributed by atoms with E-state index in [1.807, 2.05) is 12.1 Å². The maximum absolute atomic E-state index is 12.5. The molecule has 2 heterocycles. The third-order valence-corrected chi connectivity index (χ3v) is 9.14. The molecule has 7 rings (SSSR count). The molecule has 0 radical (unpaired) electrons. The van der Waals surface area contributed by atoms with Crippen LogP contribution in [0.15, 0.2) is 33.9 Å². The molecule has 4 bridgehead atoms. The highest BCUT2D eigenvalue weighted by Crippen LogP contribution is 2.61. The first kappa shape index (κ1) is 20.6. The molecule has 4 aliphatic rings. The number of halogens is 1. The van der Waals surface area contributed by atoms with Crippen molar-refractivity contribution in [3.05, 3.63) is 34.3 Å². The number of hydrogen-bond donors (Lipinski definition) is 1. The second-order valence-corrected chi connectivity index (χ2v) is 11.7. The highest BCUT2D eigenvalue weighted by atomic mass is 35.5. The van der Waals surface area contributed by atoms with E-state index in [4.69, 9.17) is 16.0 Å². The SMILES string of the molecule is O=C(CSc1nnc(-c2ccc(Cl)cc2)o1)Nc1nnc(C23CC4CC(CC(C4)C2)C3)s1. The van der Waals surface area contributed by atoms with Gasteiger partial charge in [0.2, 0.25) is 16.9 Å². The molecule has 7 nitrogen and oxygen atoms in total. The minimum atomic E-state index is -0.158. The van der Waals surface area contributed by atoms with Crippen LogP contribution in [0.4, 0.5) is 5.13 Å². The molecule has 3 aromatic rings. The van der Waals surface area contributed by atoms with Gasteiger partial charge in [0.25, 0.3) is 5.22 Å². The second kappa shape index (κ2) is 8.11. The van der Waals surface area contributed by atoms with Crippen molar-refractivity contribution < 1.29 is 9.21 Å². The number of nitrogens with one attached hydrogen (secondary N) is 1. The Balaban J connectivity index is 1.06. The van der Waals surface area contributed by atoms with Crippen LogP contribution >= 0.6 is 34.7 Å². The van der Waals surface area contributed by atoms with Crippen molar-refractivity contribution in [1.29, 1.82) is 0 Å². The number of nitrogens with zero attached hydrogens (tertiary/aromatic N) is 4. The summed E-state index contributed by atoms with van der Waals surface area (Å²) < 4.78 is 5.64. The lowest BCUT2D eigenvalue weighted by atomic mass is 9.50. The Kier molecular flexibility index (Phi) is 5.23. The number of aromatic nitrogens is 4. The predicted molar refractivity (Wildman–Crippen MR) is 124 cm³/mol. The summed E-state index contributed by atoms with van der Waals surface area (Å²) in [5.74, 6) is 2.96. The normalized spacial score (nSPS) is 28.2. The van der Waals surface area contributed by atoms with Gasteiger partial charge in [-0.05, 0) is 80.5 Å². The van der Waals surface area contributed by atoms with Crippen LogP contribution in [0.2, 0.25) is 5.02 Å². The topological polar surface area (TPSA) is 93.8 Å². The fourth-order valence-corrected chi connectivity index (χ4v) is 7.79. The molecule has 0 unspecified atom stereocenters. The summed E-state index contributed by atoms with van der Waals surface area (Å²) in [6.45, 7) is 0. The van der Waals surface area contributed by atoms with Crippen molar-refractivity contribution in [2.75, 3.05) is 11.1 Å². The third-order valence-electron chi connectivity index (χ3n) is 6.99. The summed E-state index contributed by atoms with van der Waals surface area (Å²) in [4.78, 5) is 12.5. The Bertz CT molecular complexity index is 1110. The van der Waals surface area contributed by atoms with Crippen LogP contribution in [0.5, 0.6) is 0 Å². The molecule has 32 heavy (non-hydrogen) atoms. The highest BCUT2D eigenvalue weighted by Gasteiger charge is 2.53. The molecule has 10 heteroatoms. The van der Waals surface area contributed by atoms with Gasteiger partial charge in [0.15, 0.2) is 0 Å². The Morgan fingerprint density at radius 1 is 1.06 bits per heavy atom. The van der Waals surface area contributed by atoms with Crippen LogP contribution in [-0.2, 0) is 10.2 Å². The van der Waals surface area contributed by atoms with Gasteiger partial charge < -0.3 is 4.42 Å². The molecular formula is C22H22ClN5O2S2. The molecule has 0 aliphatic heterocycles. The Labute approximate surface area is 198 Å². The van der Waals surface area contributed by atoms with Crippen molar-refractivity contribution in [2.45, 2.75) is 49.2 Å². The standard InChI is InChI=1S/C22H22ClN5O2S2/c23-16-3-1-15(2-4-16)18-25-28-21(30-18)31-11-17(29)24-20-27-26-19(32-20)22-8-12-5-13(9-22)7-14(6-12)10-22/h1-4,12-14H,5-11H2,(H,24,27,29). The molecule has 0 spiro atoms. The van der Waals surface area contributed by atoms with Gasteiger partial charge in [-0.2, -0.15) is 0 Å². The van der Waals surface area contributed by atoms with Crippen LogP contribution < -0.4 is 5.32 Å². The molecule has 4 aliphatic carbocycles. The number of anilines is 1. The van der Waals surface area contributed by atoms with E-state index < -0.39 is 0 Å². The second-order valence-electron chi connectivity index (χ2n) is 9.33. The minimum absolute atomic E-state index is 0.158. The van der Waals surface area contributed by atoms with Crippen molar-refractivity contribution in [2.24, 2.45) is 17.8 Å². The van der Waals surface area contributed by atoms with Crippen LogP contribution in [0.1, 0.15) is 43.5 Å². The number of carbonyl (C=O) groups is 1. The van der Waals surface area contributed by atoms with Crippen LogP contribution in [0.25, 0.3) is 11.5 Å². The summed E-state index contributed by atoms with van der Waals surface area (Å²) >= 11 is 8.66. The average Bonchev–Trinajstić information content (AvgIpc) is 3.42. The summed E-state index contributed by atoms with van der Waals surface area (Å²) in [6, 6.07) is 7.16. The first-order valence-electron chi connectivity index (χ1n) is 10.9. The van der Waals surface area contributed by atoms with Gasteiger partial charge in [-0.3, -0.25) is 10.1 Å². The van der Waals surface area contributed by atoms with Crippen LogP contribution in [0, 0.1) is 17.8 Å². The minimum Gasteiger partial charge on any atom is -0.411 e. The molecule has 1 N–H and O–H groups in total. The van der Waals surface area contributed by atoms with E-state index in [2.05, 4.69) is 25.7 Å². The van der Waals surface area contributed by atoms with E-state index in [-0.39, 0.29) is 17.1 Å². The van der Waals surface area contributed by atoms with Crippen molar-refractivity contribution in [3.63, 3.8) is 0 Å². The number of hydrogen-bond acceptors (Lipinski definition) is 8. The average molecular weight is 488 g/mol. The molecule has 4 fully saturated rings. The molecule has 1 amide bonds. The third kappa shape index (κ3) is 3.95. The van der Waals surface area contributed by atoms with Crippen molar-refractivity contribution in [3.8, 4) is 11.5 Å². The van der Waals surface area contributed by atoms with Gasteiger partial charge in [-0.15, -0.1) is 20.4 Å². The maximum atomic E-state index is 12.5. The van der Waals surface area contributed by atoms with Gasteiger partial charge in [0, 0.05) is 16.0 Å². The fourth-order valence-electron chi connectivity index (χ4n) is 6.12. The highest BCUT2D eigenvalue weighted by molar-refractivity contribution is 7.99. The van der Waals surface area contributed by atoms with E-state index in [0.717, 1.165) is 28.3 Å². The summed E-state index contributed by atoms with van der Waals surface area (Å²) in [7, 11) is 0. The Morgan fingerprint density at radius 3 is 2.44 bits per heavy atom. The lowest BCUT2D eigenvalue weighted by Crippen LogP contribution is -2.48. The van der Waals surface area contributed by atoms with Crippen molar-refractivity contribution in [1.82, 2.24) is 20.4 Å². The molecule has 2 aromatic heterocycles. The number of thioether (sulfide) groups is 1.